The Kier molecular flexibility index (Phi) is 5.58. The van der Waals surface area contributed by atoms with Crippen molar-refractivity contribution in [2.45, 2.75) is 12.8 Å². The molecule has 0 spiro atoms. The predicted molar refractivity (Wildman–Crippen MR) is 101 cm³/mol. The highest BCUT2D eigenvalue weighted by Gasteiger charge is 2.29. The van der Waals surface area contributed by atoms with Gasteiger partial charge in [0.25, 0.3) is 0 Å². The number of amides is 1. The number of piperazine rings is 1. The molecule has 7 heteroatoms. The highest BCUT2D eigenvalue weighted by atomic mass is 35.5. The van der Waals surface area contributed by atoms with Crippen molar-refractivity contribution in [1.29, 1.82) is 0 Å². The summed E-state index contributed by atoms with van der Waals surface area (Å²) >= 11 is 1.74. The van der Waals surface area contributed by atoms with Gasteiger partial charge in [0.1, 0.15) is 0 Å². The van der Waals surface area contributed by atoms with Gasteiger partial charge in [-0.1, -0.05) is 23.5 Å². The van der Waals surface area contributed by atoms with Crippen molar-refractivity contribution >= 4 is 45.0 Å². The first kappa shape index (κ1) is 17.5. The van der Waals surface area contributed by atoms with Gasteiger partial charge in [0.05, 0.1) is 10.2 Å². The van der Waals surface area contributed by atoms with Gasteiger partial charge >= 0.3 is 0 Å². The van der Waals surface area contributed by atoms with Crippen molar-refractivity contribution < 1.29 is 4.79 Å². The van der Waals surface area contributed by atoms with Crippen LogP contribution in [-0.2, 0) is 4.79 Å². The lowest BCUT2D eigenvalue weighted by atomic mass is 9.96. The molecule has 2 aliphatic rings. The maximum Gasteiger partial charge on any atom is 0.225 e. The second-order valence-corrected chi connectivity index (χ2v) is 7.31. The van der Waals surface area contributed by atoms with Crippen LogP contribution in [0.2, 0.25) is 0 Å². The Hall–Kier alpha value is -1.37. The van der Waals surface area contributed by atoms with Crippen LogP contribution >= 0.6 is 23.7 Å². The van der Waals surface area contributed by atoms with Gasteiger partial charge in [-0.3, -0.25) is 4.79 Å². The number of thiazole rings is 1. The maximum absolute atomic E-state index is 12.6. The van der Waals surface area contributed by atoms with Crippen molar-refractivity contribution in [3.63, 3.8) is 0 Å². The fourth-order valence-corrected chi connectivity index (χ4v) is 4.46. The molecule has 5 nitrogen and oxygen atoms in total. The summed E-state index contributed by atoms with van der Waals surface area (Å²) in [4.78, 5) is 21.7. The Balaban J connectivity index is 0.00000169. The molecule has 1 aromatic carbocycles. The van der Waals surface area contributed by atoms with Crippen LogP contribution in [0, 0.1) is 5.92 Å². The molecule has 1 amide bonds. The third kappa shape index (κ3) is 3.50. The molecular weight excluding hydrogens is 344 g/mol. The summed E-state index contributed by atoms with van der Waals surface area (Å²) in [5.41, 5.74) is 1.07. The molecule has 1 aromatic heterocycles. The Bertz CT molecular complexity index is 660. The topological polar surface area (TPSA) is 48.5 Å². The van der Waals surface area contributed by atoms with Crippen molar-refractivity contribution in [2.75, 3.05) is 44.2 Å². The van der Waals surface area contributed by atoms with Gasteiger partial charge < -0.3 is 15.1 Å². The maximum atomic E-state index is 12.6. The lowest BCUT2D eigenvalue weighted by Gasteiger charge is -2.37. The number of hydrogen-bond donors (Lipinski definition) is 1. The number of benzene rings is 1. The van der Waals surface area contributed by atoms with E-state index < -0.39 is 0 Å². The van der Waals surface area contributed by atoms with Crippen LogP contribution < -0.4 is 10.2 Å². The second-order valence-electron chi connectivity index (χ2n) is 6.30. The van der Waals surface area contributed by atoms with Gasteiger partial charge in [-0.05, 0) is 38.1 Å². The SMILES string of the molecule is Cl.O=C(C1CCNCC1)N1CCN(c2nc3ccccc3s2)CC1. The quantitative estimate of drug-likeness (QED) is 0.886. The second kappa shape index (κ2) is 7.68. The van der Waals surface area contributed by atoms with Crippen molar-refractivity contribution in [2.24, 2.45) is 5.92 Å². The summed E-state index contributed by atoms with van der Waals surface area (Å²) in [6.45, 7) is 5.36. The first-order chi connectivity index (χ1) is 11.3. The average molecular weight is 367 g/mol. The van der Waals surface area contributed by atoms with E-state index >= 15 is 0 Å². The number of para-hydroxylation sites is 1. The number of hydrogen-bond acceptors (Lipinski definition) is 5. The minimum atomic E-state index is 0. The number of fused-ring (bicyclic) bond motifs is 1. The summed E-state index contributed by atoms with van der Waals surface area (Å²) in [5, 5.41) is 4.41. The standard InChI is InChI=1S/C17H22N4OS.ClH/c22-16(13-5-7-18-8-6-13)20-9-11-21(12-10-20)17-19-14-3-1-2-4-15(14)23-17;/h1-4,13,18H,5-12H2;1H. The molecule has 3 heterocycles. The minimum absolute atomic E-state index is 0. The van der Waals surface area contributed by atoms with E-state index in [1.807, 2.05) is 6.07 Å². The number of carbonyl (C=O) groups is 1. The van der Waals surface area contributed by atoms with E-state index in [0.717, 1.165) is 62.8 Å². The summed E-state index contributed by atoms with van der Waals surface area (Å²) in [6, 6.07) is 8.26. The molecule has 0 bridgehead atoms. The van der Waals surface area contributed by atoms with E-state index in [2.05, 4.69) is 33.3 Å². The third-order valence-electron chi connectivity index (χ3n) is 4.83. The van der Waals surface area contributed by atoms with Crippen LogP contribution in [0.25, 0.3) is 10.2 Å². The molecule has 0 unspecified atom stereocenters. The van der Waals surface area contributed by atoms with Gasteiger partial charge in [-0.15, -0.1) is 12.4 Å². The molecule has 0 atom stereocenters. The lowest BCUT2D eigenvalue weighted by molar-refractivity contribution is -0.136. The van der Waals surface area contributed by atoms with Gasteiger partial charge in [0.15, 0.2) is 5.13 Å². The molecule has 24 heavy (non-hydrogen) atoms. The first-order valence-electron chi connectivity index (χ1n) is 8.41. The largest absolute Gasteiger partial charge is 0.345 e. The normalized spacial score (nSPS) is 19.3. The van der Waals surface area contributed by atoms with Crippen LogP contribution in [0.15, 0.2) is 24.3 Å². The summed E-state index contributed by atoms with van der Waals surface area (Å²) in [7, 11) is 0. The molecule has 1 N–H and O–H groups in total. The highest BCUT2D eigenvalue weighted by Crippen LogP contribution is 2.29. The monoisotopic (exact) mass is 366 g/mol. The molecule has 2 fully saturated rings. The number of piperidine rings is 1. The highest BCUT2D eigenvalue weighted by molar-refractivity contribution is 7.22. The number of carbonyl (C=O) groups excluding carboxylic acids is 1. The number of rotatable bonds is 2. The van der Waals surface area contributed by atoms with Crippen LogP contribution in [0.1, 0.15) is 12.8 Å². The third-order valence-corrected chi connectivity index (χ3v) is 5.93. The van der Waals surface area contributed by atoms with E-state index in [-0.39, 0.29) is 18.3 Å². The molecule has 2 aromatic rings. The first-order valence-corrected chi connectivity index (χ1v) is 9.23. The van der Waals surface area contributed by atoms with E-state index in [0.29, 0.717) is 5.91 Å². The molecule has 0 radical (unpaired) electrons. The van der Waals surface area contributed by atoms with E-state index in [1.54, 1.807) is 11.3 Å². The summed E-state index contributed by atoms with van der Waals surface area (Å²) in [6.07, 6.45) is 1.97. The zero-order valence-corrected chi connectivity index (χ0v) is 15.2. The Morgan fingerprint density at radius 3 is 2.54 bits per heavy atom. The Morgan fingerprint density at radius 1 is 1.12 bits per heavy atom. The Labute approximate surface area is 152 Å². The summed E-state index contributed by atoms with van der Waals surface area (Å²) in [5.74, 6) is 0.584. The van der Waals surface area contributed by atoms with Crippen molar-refractivity contribution in [1.82, 2.24) is 15.2 Å². The minimum Gasteiger partial charge on any atom is -0.345 e. The van der Waals surface area contributed by atoms with E-state index in [9.17, 15) is 4.79 Å². The molecule has 0 saturated carbocycles. The lowest BCUT2D eigenvalue weighted by Crippen LogP contribution is -2.51. The van der Waals surface area contributed by atoms with E-state index in [1.165, 1.54) is 4.70 Å². The molecule has 2 saturated heterocycles. The van der Waals surface area contributed by atoms with Crippen molar-refractivity contribution in [3.8, 4) is 0 Å². The van der Waals surface area contributed by atoms with Gasteiger partial charge in [-0.25, -0.2) is 4.98 Å². The van der Waals surface area contributed by atoms with Crippen LogP contribution in [0.5, 0.6) is 0 Å². The summed E-state index contributed by atoms with van der Waals surface area (Å²) < 4.78 is 1.23. The van der Waals surface area contributed by atoms with Crippen LogP contribution in [0.4, 0.5) is 5.13 Å². The number of aromatic nitrogens is 1. The van der Waals surface area contributed by atoms with Crippen molar-refractivity contribution in [3.05, 3.63) is 24.3 Å². The average Bonchev–Trinajstić information content (AvgIpc) is 3.06. The Morgan fingerprint density at radius 2 is 1.83 bits per heavy atom. The van der Waals surface area contributed by atoms with Gasteiger partial charge in [-0.2, -0.15) is 0 Å². The fraction of sp³-hybridized carbons (Fsp3) is 0.529. The molecular formula is C17H23ClN4OS. The smallest absolute Gasteiger partial charge is 0.225 e. The molecule has 0 aliphatic carbocycles. The zero-order chi connectivity index (χ0) is 15.6. The number of halogens is 1. The van der Waals surface area contributed by atoms with Gasteiger partial charge in [0.2, 0.25) is 5.91 Å². The number of anilines is 1. The number of nitrogens with one attached hydrogen (secondary N) is 1. The molecule has 130 valence electrons. The zero-order valence-electron chi connectivity index (χ0n) is 13.6. The molecule has 2 aliphatic heterocycles. The van der Waals surface area contributed by atoms with Gasteiger partial charge in [0, 0.05) is 32.1 Å². The van der Waals surface area contributed by atoms with Crippen LogP contribution in [0.3, 0.4) is 0 Å². The van der Waals surface area contributed by atoms with Crippen LogP contribution in [-0.4, -0.2) is 55.1 Å². The fourth-order valence-electron chi connectivity index (χ4n) is 3.44. The predicted octanol–water partition coefficient (Wildman–Crippen LogP) is 2.37. The number of nitrogens with zero attached hydrogens (tertiary/aromatic N) is 3. The molecule has 4 rings (SSSR count). The van der Waals surface area contributed by atoms with E-state index in [4.69, 9.17) is 4.98 Å².